The molecule has 0 aliphatic carbocycles. The largest absolute Gasteiger partial charge is 0.381 e. The van der Waals surface area contributed by atoms with Crippen molar-refractivity contribution < 1.29 is 13.2 Å². The van der Waals surface area contributed by atoms with Crippen LogP contribution in [0.3, 0.4) is 0 Å². The Balaban J connectivity index is 1.62. The summed E-state index contributed by atoms with van der Waals surface area (Å²) in [7, 11) is -3.40. The van der Waals surface area contributed by atoms with E-state index < -0.39 is 10.0 Å². The van der Waals surface area contributed by atoms with E-state index in [1.807, 2.05) is 6.92 Å². The highest BCUT2D eigenvalue weighted by Crippen LogP contribution is 2.27. The fourth-order valence-electron chi connectivity index (χ4n) is 3.45. The van der Waals surface area contributed by atoms with E-state index in [1.54, 1.807) is 15.2 Å². The van der Waals surface area contributed by atoms with E-state index in [-0.39, 0.29) is 0 Å². The Morgan fingerprint density at radius 2 is 1.96 bits per heavy atom. The molecule has 1 aromatic heterocycles. The topological polar surface area (TPSA) is 67.7 Å². The smallest absolute Gasteiger partial charge is 0.246 e. The molecule has 0 aromatic carbocycles. The number of aromatic nitrogens is 2. The molecule has 0 saturated carbocycles. The van der Waals surface area contributed by atoms with Crippen LogP contribution in [0.25, 0.3) is 0 Å². The Morgan fingerprint density at radius 3 is 2.52 bits per heavy atom. The Morgan fingerprint density at radius 1 is 1.26 bits per heavy atom. The van der Waals surface area contributed by atoms with Crippen LogP contribution < -0.4 is 0 Å². The van der Waals surface area contributed by atoms with Crippen LogP contribution in [-0.2, 0) is 21.3 Å². The second-order valence-corrected chi connectivity index (χ2v) is 8.12. The maximum atomic E-state index is 12.6. The summed E-state index contributed by atoms with van der Waals surface area (Å²) >= 11 is 0. The van der Waals surface area contributed by atoms with E-state index in [0.717, 1.165) is 32.6 Å². The minimum Gasteiger partial charge on any atom is -0.381 e. The summed E-state index contributed by atoms with van der Waals surface area (Å²) in [5.41, 5.74) is 0. The average molecular weight is 342 g/mol. The van der Waals surface area contributed by atoms with Crippen molar-refractivity contribution in [3.63, 3.8) is 0 Å². The molecule has 0 amide bonds. The normalized spacial score (nSPS) is 21.7. The first kappa shape index (κ1) is 16.9. The molecule has 0 radical (unpaired) electrons. The number of nitrogens with zero attached hydrogens (tertiary/aromatic N) is 4. The molecular formula is C15H26N4O3S. The first-order valence-corrected chi connectivity index (χ1v) is 9.86. The van der Waals surface area contributed by atoms with Gasteiger partial charge >= 0.3 is 0 Å². The molecule has 0 spiro atoms. The van der Waals surface area contributed by atoms with E-state index in [9.17, 15) is 8.42 Å². The molecule has 130 valence electrons. The third kappa shape index (κ3) is 3.31. The van der Waals surface area contributed by atoms with Crippen molar-refractivity contribution in [2.45, 2.75) is 50.2 Å². The van der Waals surface area contributed by atoms with E-state index >= 15 is 0 Å². The number of rotatable bonds is 6. The van der Waals surface area contributed by atoms with Gasteiger partial charge < -0.3 is 4.74 Å². The molecule has 2 aliphatic rings. The van der Waals surface area contributed by atoms with Crippen molar-refractivity contribution in [1.82, 2.24) is 19.0 Å². The quantitative estimate of drug-likeness (QED) is 0.764. The van der Waals surface area contributed by atoms with Crippen molar-refractivity contribution in [1.29, 1.82) is 0 Å². The molecule has 7 nitrogen and oxygen atoms in total. The van der Waals surface area contributed by atoms with Gasteiger partial charge in [0.15, 0.2) is 0 Å². The molecular weight excluding hydrogens is 316 g/mol. The molecule has 2 aliphatic heterocycles. The number of likely N-dealkylation sites (N-methyl/N-ethyl adjacent to an activating group) is 1. The molecule has 2 fully saturated rings. The zero-order valence-corrected chi connectivity index (χ0v) is 14.7. The van der Waals surface area contributed by atoms with Gasteiger partial charge in [-0.2, -0.15) is 9.40 Å². The Labute approximate surface area is 138 Å². The summed E-state index contributed by atoms with van der Waals surface area (Å²) in [5.74, 6) is 0. The number of sulfonamides is 1. The molecule has 3 rings (SSSR count). The number of hydrogen-bond acceptors (Lipinski definition) is 5. The van der Waals surface area contributed by atoms with Crippen LogP contribution in [0.15, 0.2) is 17.3 Å². The van der Waals surface area contributed by atoms with Gasteiger partial charge in [0.25, 0.3) is 0 Å². The number of hydrogen-bond donors (Lipinski definition) is 0. The van der Waals surface area contributed by atoms with Crippen molar-refractivity contribution in [2.24, 2.45) is 0 Å². The summed E-state index contributed by atoms with van der Waals surface area (Å²) in [6.07, 6.45) is 5.14. The number of ether oxygens (including phenoxy) is 1. The third-order valence-corrected chi connectivity index (χ3v) is 6.68. The van der Waals surface area contributed by atoms with Crippen LogP contribution >= 0.6 is 0 Å². The van der Waals surface area contributed by atoms with E-state index in [4.69, 9.17) is 4.74 Å². The summed E-state index contributed by atoms with van der Waals surface area (Å²) in [6.45, 7) is 8.49. The fraction of sp³-hybridized carbons (Fsp3) is 0.800. The van der Waals surface area contributed by atoms with Crippen LogP contribution in [0.1, 0.15) is 26.7 Å². The lowest BCUT2D eigenvalue weighted by atomic mass is 10.0. The van der Waals surface area contributed by atoms with E-state index in [2.05, 4.69) is 16.9 Å². The first-order chi connectivity index (χ1) is 11.1. The molecule has 1 aromatic rings. The lowest BCUT2D eigenvalue weighted by molar-refractivity contribution is -0.00746. The van der Waals surface area contributed by atoms with Gasteiger partial charge in [0.2, 0.25) is 10.0 Å². The van der Waals surface area contributed by atoms with Gasteiger partial charge in [-0.1, -0.05) is 6.92 Å². The average Bonchev–Trinajstić information content (AvgIpc) is 3.00. The summed E-state index contributed by atoms with van der Waals surface area (Å²) in [5, 5.41) is 4.07. The minimum absolute atomic E-state index is 0.298. The second-order valence-electron chi connectivity index (χ2n) is 6.18. The van der Waals surface area contributed by atoms with Crippen molar-refractivity contribution in [2.75, 3.05) is 32.8 Å². The van der Waals surface area contributed by atoms with Gasteiger partial charge in [0.05, 0.1) is 6.20 Å². The van der Waals surface area contributed by atoms with Crippen molar-refractivity contribution in [3.05, 3.63) is 12.4 Å². The van der Waals surface area contributed by atoms with Crippen LogP contribution in [0.5, 0.6) is 0 Å². The van der Waals surface area contributed by atoms with E-state index in [1.165, 1.54) is 6.20 Å². The van der Waals surface area contributed by atoms with Crippen LogP contribution in [-0.4, -0.2) is 72.3 Å². The van der Waals surface area contributed by atoms with Crippen LogP contribution in [0.4, 0.5) is 0 Å². The summed E-state index contributed by atoms with van der Waals surface area (Å²) in [4.78, 5) is 2.75. The van der Waals surface area contributed by atoms with E-state index in [0.29, 0.717) is 36.6 Å². The van der Waals surface area contributed by atoms with Gasteiger partial charge in [0.1, 0.15) is 4.90 Å². The molecule has 0 unspecified atom stereocenters. The maximum Gasteiger partial charge on any atom is 0.246 e. The lowest BCUT2D eigenvalue weighted by Crippen LogP contribution is -2.63. The van der Waals surface area contributed by atoms with Crippen LogP contribution in [0.2, 0.25) is 0 Å². The Bertz CT molecular complexity index is 618. The highest BCUT2D eigenvalue weighted by Gasteiger charge is 2.41. The SMILES string of the molecule is CCN(C1CCOCC1)C1CN(S(=O)(=O)c2cnn(CC)c2)C1. The molecule has 0 atom stereocenters. The predicted octanol–water partition coefficient (Wildman–Crippen LogP) is 0.777. The monoisotopic (exact) mass is 342 g/mol. The van der Waals surface area contributed by atoms with Gasteiger partial charge in [-0.15, -0.1) is 0 Å². The van der Waals surface area contributed by atoms with Gasteiger partial charge in [-0.05, 0) is 26.3 Å². The lowest BCUT2D eigenvalue weighted by Gasteiger charge is -2.47. The minimum atomic E-state index is -3.40. The predicted molar refractivity (Wildman–Crippen MR) is 86.7 cm³/mol. The standard InChI is InChI=1S/C15H26N4O3S/c1-3-17-12-15(9-16-17)23(20,21)18-10-14(11-18)19(4-2)13-5-7-22-8-6-13/h9,12-14H,3-8,10-11H2,1-2H3. The maximum absolute atomic E-state index is 12.6. The van der Waals surface area contributed by atoms with Gasteiger partial charge in [-0.25, -0.2) is 8.42 Å². The zero-order chi connectivity index (χ0) is 16.4. The van der Waals surface area contributed by atoms with Gasteiger partial charge in [-0.3, -0.25) is 9.58 Å². The van der Waals surface area contributed by atoms with Crippen molar-refractivity contribution >= 4 is 10.0 Å². The highest BCUT2D eigenvalue weighted by atomic mass is 32.2. The molecule has 0 N–H and O–H groups in total. The molecule has 0 bridgehead atoms. The fourth-order valence-corrected chi connectivity index (χ4v) is 4.92. The van der Waals surface area contributed by atoms with Crippen molar-refractivity contribution in [3.8, 4) is 0 Å². The first-order valence-electron chi connectivity index (χ1n) is 8.42. The molecule has 8 heteroatoms. The highest BCUT2D eigenvalue weighted by molar-refractivity contribution is 7.89. The zero-order valence-electron chi connectivity index (χ0n) is 13.9. The third-order valence-electron chi connectivity index (χ3n) is 4.89. The molecule has 2 saturated heterocycles. The molecule has 23 heavy (non-hydrogen) atoms. The van der Waals surface area contributed by atoms with Crippen LogP contribution in [0, 0.1) is 0 Å². The summed E-state index contributed by atoms with van der Waals surface area (Å²) in [6, 6.07) is 0.838. The second kappa shape index (κ2) is 6.88. The van der Waals surface area contributed by atoms with Gasteiger partial charge in [0, 0.05) is 51.1 Å². The molecule has 3 heterocycles. The Kier molecular flexibility index (Phi) is 5.05. The Hall–Kier alpha value is -0.960. The number of aryl methyl sites for hydroxylation is 1. The summed E-state index contributed by atoms with van der Waals surface area (Å²) < 4.78 is 33.9.